The van der Waals surface area contributed by atoms with Crippen molar-refractivity contribution in [2.24, 2.45) is 10.2 Å². The van der Waals surface area contributed by atoms with Crippen molar-refractivity contribution in [1.82, 2.24) is 5.32 Å². The van der Waals surface area contributed by atoms with E-state index in [1.165, 1.54) is 17.0 Å². The fraction of sp³-hybridized carbons (Fsp3) is 0.211. The molecule has 0 unspecified atom stereocenters. The number of benzene rings is 2. The molecule has 1 amide bonds. The SMILES string of the molecule is CCC1=NN=C(NC(=O)Oc2ccccc2)N(c2cccc(C(F)(F)F)c2)C1. The minimum absolute atomic E-state index is 0.0162. The van der Waals surface area contributed by atoms with E-state index in [0.717, 1.165) is 12.1 Å². The Hall–Kier alpha value is -3.36. The van der Waals surface area contributed by atoms with Crippen LogP contribution in [-0.2, 0) is 6.18 Å². The van der Waals surface area contributed by atoms with E-state index in [9.17, 15) is 18.0 Å². The summed E-state index contributed by atoms with van der Waals surface area (Å²) in [6, 6.07) is 13.2. The molecule has 146 valence electrons. The number of halogens is 3. The van der Waals surface area contributed by atoms with Crippen LogP contribution in [0.4, 0.5) is 23.7 Å². The van der Waals surface area contributed by atoms with E-state index in [-0.39, 0.29) is 18.2 Å². The molecule has 0 aromatic heterocycles. The van der Waals surface area contributed by atoms with Crippen LogP contribution in [0.1, 0.15) is 18.9 Å². The molecular weight excluding hydrogens is 373 g/mol. The second-order valence-corrected chi connectivity index (χ2v) is 5.91. The molecular formula is C19H17F3N4O2. The predicted octanol–water partition coefficient (Wildman–Crippen LogP) is 4.44. The third-order valence-electron chi connectivity index (χ3n) is 3.94. The van der Waals surface area contributed by atoms with Gasteiger partial charge in [0.2, 0.25) is 5.96 Å². The number of rotatable bonds is 3. The standard InChI is InChI=1S/C19H17F3N4O2/c1-2-14-12-26(15-8-6-7-13(11-15)19(20,21)22)17(25-24-14)23-18(27)28-16-9-4-3-5-10-16/h3-11H,2,12H2,1H3,(H,23,25,27). The molecule has 0 bridgehead atoms. The van der Waals surface area contributed by atoms with Crippen LogP contribution >= 0.6 is 0 Å². The summed E-state index contributed by atoms with van der Waals surface area (Å²) < 4.78 is 44.3. The highest BCUT2D eigenvalue weighted by molar-refractivity contribution is 6.09. The first-order chi connectivity index (χ1) is 13.4. The number of anilines is 1. The maximum atomic E-state index is 13.1. The Balaban J connectivity index is 1.84. The average Bonchev–Trinajstić information content (AvgIpc) is 2.68. The van der Waals surface area contributed by atoms with Crippen LogP contribution in [0.25, 0.3) is 0 Å². The lowest BCUT2D eigenvalue weighted by Gasteiger charge is -2.28. The second-order valence-electron chi connectivity index (χ2n) is 5.91. The van der Waals surface area contributed by atoms with Gasteiger partial charge in [-0.2, -0.15) is 18.3 Å². The first-order valence-corrected chi connectivity index (χ1v) is 8.49. The van der Waals surface area contributed by atoms with E-state index in [1.807, 2.05) is 6.92 Å². The van der Waals surface area contributed by atoms with Crippen LogP contribution < -0.4 is 15.0 Å². The maximum absolute atomic E-state index is 13.1. The second kappa shape index (κ2) is 8.12. The lowest BCUT2D eigenvalue weighted by molar-refractivity contribution is -0.137. The molecule has 0 saturated carbocycles. The monoisotopic (exact) mass is 390 g/mol. The normalized spacial score (nSPS) is 14.2. The summed E-state index contributed by atoms with van der Waals surface area (Å²) in [5, 5.41) is 10.4. The molecule has 9 heteroatoms. The van der Waals surface area contributed by atoms with E-state index < -0.39 is 17.8 Å². The molecule has 0 fully saturated rings. The number of carbonyl (C=O) groups is 1. The summed E-state index contributed by atoms with van der Waals surface area (Å²) >= 11 is 0. The van der Waals surface area contributed by atoms with Gasteiger partial charge in [-0.15, -0.1) is 5.10 Å². The molecule has 3 rings (SSSR count). The van der Waals surface area contributed by atoms with Gasteiger partial charge in [-0.1, -0.05) is 31.2 Å². The van der Waals surface area contributed by atoms with Crippen LogP contribution in [0.2, 0.25) is 0 Å². The van der Waals surface area contributed by atoms with Gasteiger partial charge in [0.15, 0.2) is 0 Å². The van der Waals surface area contributed by atoms with Crippen LogP contribution in [0.3, 0.4) is 0 Å². The van der Waals surface area contributed by atoms with Crippen LogP contribution in [0.15, 0.2) is 64.8 Å². The molecule has 1 heterocycles. The number of carbonyl (C=O) groups excluding carboxylic acids is 1. The van der Waals surface area contributed by atoms with Crippen molar-refractivity contribution in [3.05, 3.63) is 60.2 Å². The number of amides is 1. The van der Waals surface area contributed by atoms with E-state index in [2.05, 4.69) is 15.5 Å². The zero-order valence-electron chi connectivity index (χ0n) is 14.9. The van der Waals surface area contributed by atoms with Crippen molar-refractivity contribution in [3.8, 4) is 5.75 Å². The molecule has 1 N–H and O–H groups in total. The summed E-state index contributed by atoms with van der Waals surface area (Å²) in [5.74, 6) is 0.303. The zero-order chi connectivity index (χ0) is 20.1. The molecule has 0 aliphatic carbocycles. The topological polar surface area (TPSA) is 66.3 Å². The van der Waals surface area contributed by atoms with Crippen LogP contribution in [0, 0.1) is 0 Å². The number of alkyl halides is 3. The third kappa shape index (κ3) is 4.67. The largest absolute Gasteiger partial charge is 0.419 e. The fourth-order valence-corrected chi connectivity index (χ4v) is 2.51. The van der Waals surface area contributed by atoms with Crippen molar-refractivity contribution in [2.45, 2.75) is 19.5 Å². The summed E-state index contributed by atoms with van der Waals surface area (Å²) in [4.78, 5) is 13.6. The molecule has 2 aromatic rings. The smallest absolute Gasteiger partial charge is 0.410 e. The Bertz CT molecular complexity index is 911. The van der Waals surface area contributed by atoms with E-state index in [0.29, 0.717) is 17.9 Å². The van der Waals surface area contributed by atoms with E-state index in [1.54, 1.807) is 30.3 Å². The fourth-order valence-electron chi connectivity index (χ4n) is 2.51. The molecule has 0 saturated heterocycles. The van der Waals surface area contributed by atoms with Gasteiger partial charge >= 0.3 is 12.3 Å². The Labute approximate surface area is 159 Å². The van der Waals surface area contributed by atoms with Crippen LogP contribution in [-0.4, -0.2) is 24.3 Å². The van der Waals surface area contributed by atoms with E-state index in [4.69, 9.17) is 4.74 Å². The first kappa shape index (κ1) is 19.4. The number of nitrogens with zero attached hydrogens (tertiary/aromatic N) is 3. The molecule has 6 nitrogen and oxygen atoms in total. The highest BCUT2D eigenvalue weighted by atomic mass is 19.4. The van der Waals surface area contributed by atoms with Gasteiger partial charge in [-0.3, -0.25) is 5.32 Å². The molecule has 2 aromatic carbocycles. The van der Waals surface area contributed by atoms with Gasteiger partial charge < -0.3 is 9.64 Å². The summed E-state index contributed by atoms with van der Waals surface area (Å²) in [6.45, 7) is 2.06. The Morgan fingerprint density at radius 3 is 2.57 bits per heavy atom. The first-order valence-electron chi connectivity index (χ1n) is 8.49. The average molecular weight is 390 g/mol. The summed E-state index contributed by atoms with van der Waals surface area (Å²) in [6.07, 6.45) is -4.73. The third-order valence-corrected chi connectivity index (χ3v) is 3.94. The number of hydrogen-bond acceptors (Lipinski definition) is 5. The quantitative estimate of drug-likeness (QED) is 0.843. The van der Waals surface area contributed by atoms with Crippen molar-refractivity contribution >= 4 is 23.5 Å². The van der Waals surface area contributed by atoms with Gasteiger partial charge in [0.05, 0.1) is 17.8 Å². The number of para-hydroxylation sites is 1. The predicted molar refractivity (Wildman–Crippen MR) is 99.6 cm³/mol. The lowest BCUT2D eigenvalue weighted by Crippen LogP contribution is -2.49. The van der Waals surface area contributed by atoms with Gasteiger partial charge in [-0.25, -0.2) is 4.79 Å². The minimum Gasteiger partial charge on any atom is -0.410 e. The lowest BCUT2D eigenvalue weighted by atomic mass is 10.1. The number of ether oxygens (including phenoxy) is 1. The van der Waals surface area contributed by atoms with Gasteiger partial charge in [0.25, 0.3) is 0 Å². The number of hydrogen-bond donors (Lipinski definition) is 1. The van der Waals surface area contributed by atoms with Gasteiger partial charge in [-0.05, 0) is 36.8 Å². The van der Waals surface area contributed by atoms with Gasteiger partial charge in [0.1, 0.15) is 5.75 Å². The Morgan fingerprint density at radius 2 is 1.89 bits per heavy atom. The van der Waals surface area contributed by atoms with Crippen molar-refractivity contribution in [2.75, 3.05) is 11.4 Å². The highest BCUT2D eigenvalue weighted by Gasteiger charge is 2.32. The van der Waals surface area contributed by atoms with Crippen LogP contribution in [0.5, 0.6) is 5.75 Å². The maximum Gasteiger partial charge on any atom is 0.419 e. The molecule has 1 aliphatic heterocycles. The molecule has 0 spiro atoms. The summed E-state index contributed by atoms with van der Waals surface area (Å²) in [5.41, 5.74) is 0.102. The van der Waals surface area contributed by atoms with Crippen molar-refractivity contribution < 1.29 is 22.7 Å². The number of guanidine groups is 1. The number of nitrogens with one attached hydrogen (secondary N) is 1. The molecule has 1 aliphatic rings. The van der Waals surface area contributed by atoms with Crippen molar-refractivity contribution in [3.63, 3.8) is 0 Å². The zero-order valence-corrected chi connectivity index (χ0v) is 14.9. The van der Waals surface area contributed by atoms with E-state index >= 15 is 0 Å². The Morgan fingerprint density at radius 1 is 1.14 bits per heavy atom. The molecule has 0 atom stereocenters. The molecule has 28 heavy (non-hydrogen) atoms. The Kier molecular flexibility index (Phi) is 5.62. The minimum atomic E-state index is -4.48. The van der Waals surface area contributed by atoms with Gasteiger partial charge in [0, 0.05) is 5.69 Å². The molecule has 0 radical (unpaired) electrons. The summed E-state index contributed by atoms with van der Waals surface area (Å²) in [7, 11) is 0. The highest BCUT2D eigenvalue weighted by Crippen LogP contribution is 2.32. The van der Waals surface area contributed by atoms with Crippen molar-refractivity contribution in [1.29, 1.82) is 0 Å².